The number of carbonyl (C=O) groups is 1. The first-order valence-electron chi connectivity index (χ1n) is 7.77. The van der Waals surface area contributed by atoms with Crippen LogP contribution in [0.15, 0.2) is 45.4 Å². The molecule has 0 aliphatic carbocycles. The molecule has 0 fully saturated rings. The largest absolute Gasteiger partial charge is 0.361 e. The van der Waals surface area contributed by atoms with Gasteiger partial charge in [0.25, 0.3) is 0 Å². The summed E-state index contributed by atoms with van der Waals surface area (Å²) >= 11 is 0. The van der Waals surface area contributed by atoms with E-state index in [1.165, 1.54) is 0 Å². The lowest BCUT2D eigenvalue weighted by molar-refractivity contribution is -0.120. The molecule has 24 heavy (non-hydrogen) atoms. The zero-order valence-electron chi connectivity index (χ0n) is 13.4. The standard InChI is InChI=1S/C17H18N4O3/c1-12-10-14(20-23-12)11-15(22)18-9-5-8-16-19-17(21-24-16)13-6-3-2-4-7-13/h2-4,6-7,10H,5,8-9,11H2,1H3,(H,18,22). The fourth-order valence-corrected chi connectivity index (χ4v) is 2.26. The van der Waals surface area contributed by atoms with Gasteiger partial charge in [0, 0.05) is 24.6 Å². The Labute approximate surface area is 139 Å². The summed E-state index contributed by atoms with van der Waals surface area (Å²) in [5.41, 5.74) is 1.55. The highest BCUT2D eigenvalue weighted by molar-refractivity contribution is 5.78. The second-order valence-corrected chi connectivity index (χ2v) is 5.44. The number of hydrogen-bond acceptors (Lipinski definition) is 6. The van der Waals surface area contributed by atoms with Crippen LogP contribution in [0.3, 0.4) is 0 Å². The summed E-state index contributed by atoms with van der Waals surface area (Å²) in [6.07, 6.45) is 1.55. The molecule has 7 heteroatoms. The van der Waals surface area contributed by atoms with Gasteiger partial charge in [0.2, 0.25) is 17.6 Å². The second kappa shape index (κ2) is 7.54. The molecule has 0 saturated heterocycles. The molecule has 124 valence electrons. The van der Waals surface area contributed by atoms with Crippen molar-refractivity contribution >= 4 is 5.91 Å². The molecular weight excluding hydrogens is 308 g/mol. The molecule has 3 rings (SSSR count). The van der Waals surface area contributed by atoms with Crippen molar-refractivity contribution in [2.75, 3.05) is 6.54 Å². The molecule has 2 aromatic heterocycles. The van der Waals surface area contributed by atoms with Gasteiger partial charge in [-0.1, -0.05) is 40.6 Å². The van der Waals surface area contributed by atoms with Crippen LogP contribution in [0.4, 0.5) is 0 Å². The third-order valence-electron chi connectivity index (χ3n) is 3.41. The van der Waals surface area contributed by atoms with Crippen molar-refractivity contribution in [3.63, 3.8) is 0 Å². The zero-order chi connectivity index (χ0) is 16.8. The van der Waals surface area contributed by atoms with Gasteiger partial charge in [0.15, 0.2) is 0 Å². The van der Waals surface area contributed by atoms with Crippen LogP contribution in [0.25, 0.3) is 11.4 Å². The Morgan fingerprint density at radius 1 is 1.17 bits per heavy atom. The van der Waals surface area contributed by atoms with Crippen LogP contribution < -0.4 is 5.32 Å². The highest BCUT2D eigenvalue weighted by Crippen LogP contribution is 2.15. The molecule has 0 bridgehead atoms. The van der Waals surface area contributed by atoms with E-state index in [1.54, 1.807) is 13.0 Å². The molecule has 1 aromatic carbocycles. The summed E-state index contributed by atoms with van der Waals surface area (Å²) in [6.45, 7) is 2.33. The van der Waals surface area contributed by atoms with Crippen molar-refractivity contribution in [2.45, 2.75) is 26.2 Å². The third-order valence-corrected chi connectivity index (χ3v) is 3.41. The van der Waals surface area contributed by atoms with Crippen molar-refractivity contribution in [2.24, 2.45) is 0 Å². The zero-order valence-corrected chi connectivity index (χ0v) is 13.4. The molecular formula is C17H18N4O3. The average molecular weight is 326 g/mol. The van der Waals surface area contributed by atoms with Gasteiger partial charge in [-0.25, -0.2) is 0 Å². The smallest absolute Gasteiger partial charge is 0.227 e. The molecule has 0 aliphatic heterocycles. The summed E-state index contributed by atoms with van der Waals surface area (Å²) in [5, 5.41) is 10.6. The van der Waals surface area contributed by atoms with E-state index in [4.69, 9.17) is 9.05 Å². The molecule has 0 radical (unpaired) electrons. The Balaban J connectivity index is 1.40. The Hall–Kier alpha value is -2.96. The Kier molecular flexibility index (Phi) is 5.00. The number of carbonyl (C=O) groups excluding carboxylic acids is 1. The van der Waals surface area contributed by atoms with E-state index in [9.17, 15) is 4.79 Å². The van der Waals surface area contributed by atoms with E-state index in [0.717, 1.165) is 12.0 Å². The normalized spacial score (nSPS) is 10.7. The lowest BCUT2D eigenvalue weighted by atomic mass is 10.2. The molecule has 0 spiro atoms. The van der Waals surface area contributed by atoms with Crippen molar-refractivity contribution in [1.82, 2.24) is 20.6 Å². The number of benzene rings is 1. The molecule has 0 unspecified atom stereocenters. The van der Waals surface area contributed by atoms with Gasteiger partial charge < -0.3 is 14.4 Å². The van der Waals surface area contributed by atoms with Crippen LogP contribution in [-0.2, 0) is 17.6 Å². The molecule has 2 heterocycles. The lowest BCUT2D eigenvalue weighted by Crippen LogP contribution is -2.26. The quantitative estimate of drug-likeness (QED) is 0.670. The maximum absolute atomic E-state index is 11.8. The Bertz CT molecular complexity index is 795. The van der Waals surface area contributed by atoms with E-state index in [1.807, 2.05) is 30.3 Å². The predicted octanol–water partition coefficient (Wildman–Crippen LogP) is 2.32. The summed E-state index contributed by atoms with van der Waals surface area (Å²) in [4.78, 5) is 16.1. The lowest BCUT2D eigenvalue weighted by Gasteiger charge is -2.01. The summed E-state index contributed by atoms with van der Waals surface area (Å²) < 4.78 is 10.2. The number of nitrogens with zero attached hydrogens (tertiary/aromatic N) is 3. The van der Waals surface area contributed by atoms with Crippen molar-refractivity contribution < 1.29 is 13.8 Å². The van der Waals surface area contributed by atoms with Gasteiger partial charge in [0.05, 0.1) is 12.1 Å². The van der Waals surface area contributed by atoms with Crippen LogP contribution in [0, 0.1) is 6.92 Å². The maximum atomic E-state index is 11.8. The number of rotatable bonds is 7. The topological polar surface area (TPSA) is 94.1 Å². The van der Waals surface area contributed by atoms with Crippen molar-refractivity contribution in [3.8, 4) is 11.4 Å². The van der Waals surface area contributed by atoms with Gasteiger partial charge in [-0.3, -0.25) is 4.79 Å². The fraction of sp³-hybridized carbons (Fsp3) is 0.294. The van der Waals surface area contributed by atoms with Crippen LogP contribution in [0.5, 0.6) is 0 Å². The van der Waals surface area contributed by atoms with E-state index >= 15 is 0 Å². The minimum absolute atomic E-state index is 0.0844. The SMILES string of the molecule is Cc1cc(CC(=O)NCCCc2nc(-c3ccccc3)no2)no1. The fourth-order valence-electron chi connectivity index (χ4n) is 2.26. The first kappa shape index (κ1) is 15.9. The number of amides is 1. The van der Waals surface area contributed by atoms with Gasteiger partial charge >= 0.3 is 0 Å². The highest BCUT2D eigenvalue weighted by atomic mass is 16.5. The predicted molar refractivity (Wildman–Crippen MR) is 86.0 cm³/mol. The first-order chi connectivity index (χ1) is 11.7. The monoisotopic (exact) mass is 326 g/mol. The van der Waals surface area contributed by atoms with E-state index in [0.29, 0.717) is 36.1 Å². The van der Waals surface area contributed by atoms with Gasteiger partial charge in [0.1, 0.15) is 5.76 Å². The van der Waals surface area contributed by atoms with Gasteiger partial charge in [-0.2, -0.15) is 4.98 Å². The van der Waals surface area contributed by atoms with Gasteiger partial charge in [-0.05, 0) is 13.3 Å². The summed E-state index contributed by atoms with van der Waals surface area (Å²) in [6, 6.07) is 11.4. The number of aryl methyl sites for hydroxylation is 2. The molecule has 0 saturated carbocycles. The molecule has 1 N–H and O–H groups in total. The minimum Gasteiger partial charge on any atom is -0.361 e. The third kappa shape index (κ3) is 4.28. The number of hydrogen-bond donors (Lipinski definition) is 1. The molecule has 1 amide bonds. The van der Waals surface area contributed by atoms with Gasteiger partial charge in [-0.15, -0.1) is 0 Å². The van der Waals surface area contributed by atoms with Crippen LogP contribution in [0.1, 0.15) is 23.8 Å². The van der Waals surface area contributed by atoms with E-state index in [2.05, 4.69) is 20.6 Å². The number of aromatic nitrogens is 3. The minimum atomic E-state index is -0.0844. The van der Waals surface area contributed by atoms with Crippen molar-refractivity contribution in [3.05, 3.63) is 53.7 Å². The second-order valence-electron chi connectivity index (χ2n) is 5.44. The summed E-state index contributed by atoms with van der Waals surface area (Å²) in [5.74, 6) is 1.76. The highest BCUT2D eigenvalue weighted by Gasteiger charge is 2.09. The Morgan fingerprint density at radius 3 is 2.75 bits per heavy atom. The first-order valence-corrected chi connectivity index (χ1v) is 7.77. The van der Waals surface area contributed by atoms with Crippen LogP contribution in [-0.4, -0.2) is 27.7 Å². The van der Waals surface area contributed by atoms with Crippen molar-refractivity contribution in [1.29, 1.82) is 0 Å². The Morgan fingerprint density at radius 2 is 2.00 bits per heavy atom. The van der Waals surface area contributed by atoms with E-state index in [-0.39, 0.29) is 12.3 Å². The summed E-state index contributed by atoms with van der Waals surface area (Å²) in [7, 11) is 0. The molecule has 3 aromatic rings. The molecule has 0 aliphatic rings. The molecule has 7 nitrogen and oxygen atoms in total. The number of nitrogens with one attached hydrogen (secondary N) is 1. The van der Waals surface area contributed by atoms with Crippen LogP contribution in [0.2, 0.25) is 0 Å². The van der Waals surface area contributed by atoms with Crippen LogP contribution >= 0.6 is 0 Å². The average Bonchev–Trinajstić information content (AvgIpc) is 3.22. The molecule has 0 atom stereocenters. The van der Waals surface area contributed by atoms with E-state index < -0.39 is 0 Å². The maximum Gasteiger partial charge on any atom is 0.227 e.